The molecule has 9 heteroatoms. The van der Waals surface area contributed by atoms with E-state index in [0.717, 1.165) is 0 Å². The van der Waals surface area contributed by atoms with Gasteiger partial charge in [0.25, 0.3) is 0 Å². The normalized spacial score (nSPS) is 18.0. The maximum atomic E-state index is 12.0. The number of aliphatic hydroxyl groups excluding tert-OH is 1. The van der Waals surface area contributed by atoms with Crippen molar-refractivity contribution in [2.45, 2.75) is 19.0 Å². The van der Waals surface area contributed by atoms with Crippen LogP contribution in [0.3, 0.4) is 0 Å². The van der Waals surface area contributed by atoms with E-state index in [1.807, 2.05) is 0 Å². The Morgan fingerprint density at radius 1 is 1.25 bits per heavy atom. The monoisotopic (exact) mass is 289 g/mol. The number of ether oxygens (including phenoxy) is 1. The average molecular weight is 289 g/mol. The lowest BCUT2D eigenvalue weighted by atomic mass is 10.2. The van der Waals surface area contributed by atoms with E-state index in [1.165, 1.54) is 6.92 Å². The van der Waals surface area contributed by atoms with Crippen LogP contribution in [-0.4, -0.2) is 78.0 Å². The minimum atomic E-state index is -1.40. The predicted octanol–water partition coefficient (Wildman–Crippen LogP) is -2.02. The third-order valence-electron chi connectivity index (χ3n) is 2.83. The fourth-order valence-electron chi connectivity index (χ4n) is 1.70. The van der Waals surface area contributed by atoms with Crippen LogP contribution in [0, 0.1) is 0 Å². The molecule has 0 aromatic heterocycles. The number of amides is 3. The molecule has 0 bridgehead atoms. The molecular weight excluding hydrogens is 270 g/mol. The Morgan fingerprint density at radius 3 is 2.35 bits per heavy atom. The summed E-state index contributed by atoms with van der Waals surface area (Å²) in [7, 11) is 0. The van der Waals surface area contributed by atoms with Crippen molar-refractivity contribution in [3.63, 3.8) is 0 Å². The first-order chi connectivity index (χ1) is 9.45. The Hall–Kier alpha value is -1.87. The van der Waals surface area contributed by atoms with Crippen molar-refractivity contribution in [2.24, 2.45) is 0 Å². The van der Waals surface area contributed by atoms with Crippen molar-refractivity contribution in [3.8, 4) is 0 Å². The summed E-state index contributed by atoms with van der Waals surface area (Å²) in [6.07, 6.45) is 0. The van der Waals surface area contributed by atoms with Crippen LogP contribution in [0.2, 0.25) is 0 Å². The summed E-state index contributed by atoms with van der Waals surface area (Å²) in [5, 5.41) is 21.9. The number of carbonyl (C=O) groups excluding carboxylic acids is 2. The van der Waals surface area contributed by atoms with Gasteiger partial charge in [-0.15, -0.1) is 0 Å². The Morgan fingerprint density at radius 2 is 1.85 bits per heavy atom. The van der Waals surface area contributed by atoms with E-state index in [2.05, 4.69) is 10.6 Å². The Balaban J connectivity index is 2.43. The van der Waals surface area contributed by atoms with E-state index in [9.17, 15) is 14.4 Å². The van der Waals surface area contributed by atoms with Crippen molar-refractivity contribution < 1.29 is 29.3 Å². The Kier molecular flexibility index (Phi) is 6.19. The summed E-state index contributed by atoms with van der Waals surface area (Å²) in [5.41, 5.74) is 0. The van der Waals surface area contributed by atoms with Gasteiger partial charge in [-0.2, -0.15) is 0 Å². The number of nitrogens with one attached hydrogen (secondary N) is 2. The zero-order valence-corrected chi connectivity index (χ0v) is 11.2. The second kappa shape index (κ2) is 7.65. The average Bonchev–Trinajstić information content (AvgIpc) is 2.44. The quantitative estimate of drug-likeness (QED) is 0.462. The van der Waals surface area contributed by atoms with Crippen LogP contribution < -0.4 is 10.6 Å². The number of aliphatic carboxylic acids is 1. The summed E-state index contributed by atoms with van der Waals surface area (Å²) < 4.78 is 5.12. The number of nitrogens with zero attached hydrogens (tertiary/aromatic N) is 1. The van der Waals surface area contributed by atoms with Gasteiger partial charge in [-0.05, 0) is 6.92 Å². The maximum absolute atomic E-state index is 12.0. The molecule has 0 aromatic rings. The van der Waals surface area contributed by atoms with Gasteiger partial charge >= 0.3 is 12.0 Å². The van der Waals surface area contributed by atoms with Crippen molar-refractivity contribution in [1.82, 2.24) is 15.5 Å². The van der Waals surface area contributed by atoms with Crippen molar-refractivity contribution >= 4 is 17.9 Å². The fraction of sp³-hybridized carbons (Fsp3) is 0.727. The van der Waals surface area contributed by atoms with E-state index >= 15 is 0 Å². The molecule has 1 heterocycles. The van der Waals surface area contributed by atoms with Crippen LogP contribution >= 0.6 is 0 Å². The van der Waals surface area contributed by atoms with Crippen LogP contribution in [0.5, 0.6) is 0 Å². The number of rotatable bonds is 5. The molecule has 3 amide bonds. The van der Waals surface area contributed by atoms with Gasteiger partial charge in [-0.25, -0.2) is 9.59 Å². The summed E-state index contributed by atoms with van der Waals surface area (Å²) >= 11 is 0. The minimum absolute atomic E-state index is 0.265. The van der Waals surface area contributed by atoms with Crippen molar-refractivity contribution in [3.05, 3.63) is 0 Å². The van der Waals surface area contributed by atoms with Crippen LogP contribution in [0.25, 0.3) is 0 Å². The van der Waals surface area contributed by atoms with Crippen molar-refractivity contribution in [2.75, 3.05) is 32.9 Å². The van der Waals surface area contributed by atoms with Gasteiger partial charge < -0.3 is 30.5 Å². The summed E-state index contributed by atoms with van der Waals surface area (Å²) in [6, 6.07) is -3.01. The number of carboxylic acids is 1. The second-order valence-electron chi connectivity index (χ2n) is 4.35. The lowest BCUT2D eigenvalue weighted by Crippen LogP contribution is -2.55. The highest BCUT2D eigenvalue weighted by Crippen LogP contribution is 2.00. The van der Waals surface area contributed by atoms with Gasteiger partial charge in [-0.3, -0.25) is 4.79 Å². The Bertz CT molecular complexity index is 369. The number of carboxylic acid groups (broad SMARTS) is 1. The predicted molar refractivity (Wildman–Crippen MR) is 67.0 cm³/mol. The van der Waals surface area contributed by atoms with E-state index in [4.69, 9.17) is 14.9 Å². The largest absolute Gasteiger partial charge is 0.480 e. The summed E-state index contributed by atoms with van der Waals surface area (Å²) in [4.78, 5) is 35.7. The fourth-order valence-corrected chi connectivity index (χ4v) is 1.70. The molecule has 0 spiro atoms. The zero-order chi connectivity index (χ0) is 15.1. The molecule has 0 radical (unpaired) electrons. The molecule has 1 rings (SSSR count). The molecule has 20 heavy (non-hydrogen) atoms. The smallest absolute Gasteiger partial charge is 0.328 e. The molecule has 4 N–H and O–H groups in total. The van der Waals surface area contributed by atoms with Crippen LogP contribution in [-0.2, 0) is 14.3 Å². The second-order valence-corrected chi connectivity index (χ2v) is 4.35. The molecule has 2 unspecified atom stereocenters. The lowest BCUT2D eigenvalue weighted by molar-refractivity contribution is -0.140. The first-order valence-corrected chi connectivity index (χ1v) is 6.23. The molecule has 0 aromatic carbocycles. The highest BCUT2D eigenvalue weighted by Gasteiger charge is 2.25. The number of urea groups is 1. The molecule has 1 saturated heterocycles. The van der Waals surface area contributed by atoms with Gasteiger partial charge in [0.15, 0.2) is 6.04 Å². The highest BCUT2D eigenvalue weighted by atomic mass is 16.5. The molecule has 9 nitrogen and oxygen atoms in total. The molecule has 0 saturated carbocycles. The number of carbonyl (C=O) groups is 3. The van der Waals surface area contributed by atoms with Gasteiger partial charge in [0.05, 0.1) is 19.8 Å². The molecular formula is C11H19N3O6. The topological polar surface area (TPSA) is 128 Å². The van der Waals surface area contributed by atoms with E-state index in [0.29, 0.717) is 26.3 Å². The van der Waals surface area contributed by atoms with Gasteiger partial charge in [0.1, 0.15) is 6.04 Å². The van der Waals surface area contributed by atoms with Gasteiger partial charge in [0.2, 0.25) is 5.91 Å². The summed E-state index contributed by atoms with van der Waals surface area (Å²) in [6.45, 7) is 2.61. The van der Waals surface area contributed by atoms with Crippen LogP contribution in [0.1, 0.15) is 6.92 Å². The first kappa shape index (κ1) is 16.2. The van der Waals surface area contributed by atoms with E-state index in [1.54, 1.807) is 4.90 Å². The number of morpholine rings is 1. The highest BCUT2D eigenvalue weighted by molar-refractivity contribution is 5.88. The number of aliphatic hydroxyl groups is 1. The van der Waals surface area contributed by atoms with Crippen LogP contribution in [0.4, 0.5) is 4.79 Å². The standard InChI is InChI=1S/C11H19N3O6/c1-7(9(16)14-2-4-20-5-3-14)12-11(19)13-8(6-15)10(17)18/h7-8,15H,2-6H2,1H3,(H,17,18)(H2,12,13,19). The van der Waals surface area contributed by atoms with E-state index in [-0.39, 0.29) is 5.91 Å². The molecule has 2 atom stereocenters. The SMILES string of the molecule is CC(NC(=O)NC(CO)C(=O)O)C(=O)N1CCOCC1. The first-order valence-electron chi connectivity index (χ1n) is 6.23. The minimum Gasteiger partial charge on any atom is -0.480 e. The molecule has 1 aliphatic heterocycles. The lowest BCUT2D eigenvalue weighted by Gasteiger charge is -2.29. The maximum Gasteiger partial charge on any atom is 0.328 e. The number of hydrogen-bond donors (Lipinski definition) is 4. The summed E-state index contributed by atoms with van der Waals surface area (Å²) in [5.74, 6) is -1.62. The van der Waals surface area contributed by atoms with E-state index < -0.39 is 30.7 Å². The van der Waals surface area contributed by atoms with Gasteiger partial charge in [-0.1, -0.05) is 0 Å². The third kappa shape index (κ3) is 4.67. The van der Waals surface area contributed by atoms with Crippen LogP contribution in [0.15, 0.2) is 0 Å². The van der Waals surface area contributed by atoms with Crippen molar-refractivity contribution in [1.29, 1.82) is 0 Å². The Labute approximate surface area is 115 Å². The van der Waals surface area contributed by atoms with Gasteiger partial charge in [0, 0.05) is 13.1 Å². The molecule has 1 aliphatic rings. The molecule has 114 valence electrons. The molecule has 1 fully saturated rings. The third-order valence-corrected chi connectivity index (χ3v) is 2.83. The number of hydrogen-bond acceptors (Lipinski definition) is 5. The zero-order valence-electron chi connectivity index (χ0n) is 11.2. The molecule has 0 aliphatic carbocycles.